The van der Waals surface area contributed by atoms with Crippen LogP contribution in [0.5, 0.6) is 11.5 Å². The summed E-state index contributed by atoms with van der Waals surface area (Å²) in [5, 5.41) is 10.1. The molecule has 4 aromatic rings. The van der Waals surface area contributed by atoms with Crippen molar-refractivity contribution in [2.45, 2.75) is 108 Å². The Hall–Kier alpha value is -3.74. The van der Waals surface area contributed by atoms with Crippen molar-refractivity contribution in [1.29, 1.82) is 0 Å². The van der Waals surface area contributed by atoms with Crippen LogP contribution >= 0.6 is 31.9 Å². The van der Waals surface area contributed by atoms with Gasteiger partial charge in [0.2, 0.25) is 5.91 Å². The van der Waals surface area contributed by atoms with Crippen molar-refractivity contribution >= 4 is 67.1 Å². The zero-order valence-corrected chi connectivity index (χ0v) is 43.2. The number of alkyl halides is 2. The molecule has 0 bridgehead atoms. The van der Waals surface area contributed by atoms with Crippen LogP contribution in [0.25, 0.3) is 0 Å². The number of nitrogens with two attached hydrogens (primary N) is 1. The molecule has 1 aliphatic carbocycles. The second-order valence-electron chi connectivity index (χ2n) is 16.3. The number of primary amides is 1. The van der Waals surface area contributed by atoms with E-state index >= 15 is 0 Å². The zero-order valence-electron chi connectivity index (χ0n) is 36.9. The Morgan fingerprint density at radius 3 is 1.69 bits per heavy atom. The summed E-state index contributed by atoms with van der Waals surface area (Å²) < 4.78 is 16.6. The standard InChI is InChI=1S/C22H23BrN2O5.C22H20BrNO4.C4H10O.K/c1-29-20(26)10-9-18(21(24)27)25-12-17-16(22(25)28)3-2-4-19(17)30-13-15-7-5-14(11-23)6-8-15;23-11-14-4-6-15(7-5-14)13-28-21-3-1-2-17-18(21)12-24(22(17)27)19-9-8-16(25)10-20(19)26;1-4(2,3)5;/h2-8,18H,9-13H2,1H3,(H2,24,27);1-7,19H,8-13H2;5H,1-3H3;/q;;;+1. The van der Waals surface area contributed by atoms with Gasteiger partial charge in [-0.15, -0.1) is 0 Å². The van der Waals surface area contributed by atoms with Gasteiger partial charge >= 0.3 is 57.4 Å². The molecule has 3 aliphatic rings. The van der Waals surface area contributed by atoms with E-state index in [0.717, 1.165) is 27.4 Å². The van der Waals surface area contributed by atoms with Gasteiger partial charge in [0.25, 0.3) is 11.8 Å². The molecule has 64 heavy (non-hydrogen) atoms. The molecule has 0 saturated heterocycles. The number of halogens is 2. The van der Waals surface area contributed by atoms with Crippen molar-refractivity contribution < 1.29 is 99.5 Å². The van der Waals surface area contributed by atoms with Gasteiger partial charge in [-0.25, -0.2) is 0 Å². The van der Waals surface area contributed by atoms with E-state index in [0.29, 0.717) is 60.8 Å². The second-order valence-corrected chi connectivity index (χ2v) is 17.5. The van der Waals surface area contributed by atoms with E-state index in [1.807, 2.05) is 54.6 Å². The molecule has 334 valence electrons. The van der Waals surface area contributed by atoms with Crippen LogP contribution in [0.4, 0.5) is 0 Å². The van der Waals surface area contributed by atoms with Crippen LogP contribution in [0.15, 0.2) is 84.9 Å². The van der Waals surface area contributed by atoms with Crippen molar-refractivity contribution in [2.24, 2.45) is 5.73 Å². The van der Waals surface area contributed by atoms with Gasteiger partial charge in [-0.2, -0.15) is 0 Å². The van der Waals surface area contributed by atoms with Gasteiger partial charge in [0.1, 0.15) is 36.5 Å². The van der Waals surface area contributed by atoms with Crippen LogP contribution in [0, 0.1) is 0 Å². The number of ether oxygens (including phenoxy) is 3. The summed E-state index contributed by atoms with van der Waals surface area (Å²) in [6.07, 6.45) is 0.798. The number of ketones is 2. The van der Waals surface area contributed by atoms with Crippen LogP contribution in [0.1, 0.15) is 107 Å². The molecule has 2 unspecified atom stereocenters. The number of carbonyl (C=O) groups excluding carboxylic acids is 6. The topological polar surface area (TPSA) is 183 Å². The number of fused-ring (bicyclic) bond motifs is 2. The predicted molar refractivity (Wildman–Crippen MR) is 243 cm³/mol. The zero-order chi connectivity index (χ0) is 45.8. The van der Waals surface area contributed by atoms with E-state index in [9.17, 15) is 28.8 Å². The normalized spacial score (nSPS) is 15.7. The number of hydrogen-bond acceptors (Lipinski definition) is 10. The first-order chi connectivity index (χ1) is 30.0. The van der Waals surface area contributed by atoms with Gasteiger partial charge in [0.05, 0.1) is 38.3 Å². The maximum atomic E-state index is 12.9. The van der Waals surface area contributed by atoms with Crippen LogP contribution in [-0.4, -0.2) is 75.0 Å². The SMILES string of the molecule is CC(C)(C)O.COC(=O)CCC(C(N)=O)N1Cc2c(OCc3ccc(CBr)cc3)cccc2C1=O.O=C1CCC(N2Cc3c(OCc4ccc(CBr)cc4)cccc3C2=O)C(=O)C1.[K+]. The first-order valence-corrected chi connectivity index (χ1v) is 22.8. The average molecular weight is 1030 g/mol. The minimum Gasteiger partial charge on any atom is -0.489 e. The number of carbonyl (C=O) groups is 6. The van der Waals surface area contributed by atoms with Gasteiger partial charge in [0, 0.05) is 45.8 Å². The maximum Gasteiger partial charge on any atom is 1.00 e. The molecule has 1 saturated carbocycles. The van der Waals surface area contributed by atoms with Gasteiger partial charge < -0.3 is 34.9 Å². The first-order valence-electron chi connectivity index (χ1n) is 20.5. The van der Waals surface area contributed by atoms with E-state index in [-0.39, 0.29) is 101 Å². The third-order valence-electron chi connectivity index (χ3n) is 10.4. The summed E-state index contributed by atoms with van der Waals surface area (Å²) in [6, 6.07) is 25.4. The van der Waals surface area contributed by atoms with Gasteiger partial charge in [-0.3, -0.25) is 28.8 Å². The van der Waals surface area contributed by atoms with E-state index in [2.05, 4.69) is 36.6 Å². The molecule has 7 rings (SSSR count). The maximum absolute atomic E-state index is 12.9. The molecule has 16 heteroatoms. The number of Topliss-reactive ketones (excluding diaryl/α,β-unsaturated/α-hetero) is 2. The second kappa shape index (κ2) is 24.7. The number of benzene rings is 4. The molecule has 0 radical (unpaired) electrons. The van der Waals surface area contributed by atoms with Crippen LogP contribution in [0.3, 0.4) is 0 Å². The van der Waals surface area contributed by atoms with E-state index < -0.39 is 29.6 Å². The van der Waals surface area contributed by atoms with Crippen LogP contribution in [-0.2, 0) is 60.9 Å². The molecule has 2 aliphatic heterocycles. The molecule has 0 aromatic heterocycles. The largest absolute Gasteiger partial charge is 1.00 e. The molecule has 13 nitrogen and oxygen atoms in total. The van der Waals surface area contributed by atoms with Gasteiger partial charge in [-0.05, 0) is 80.1 Å². The van der Waals surface area contributed by atoms with E-state index in [1.165, 1.54) is 23.1 Å². The third kappa shape index (κ3) is 14.6. The molecule has 3 N–H and O–H groups in total. The smallest absolute Gasteiger partial charge is 0.489 e. The average Bonchev–Trinajstić information content (AvgIpc) is 3.78. The number of aliphatic hydroxyl groups is 1. The van der Waals surface area contributed by atoms with E-state index in [1.54, 1.807) is 56.0 Å². The molecular formula is C48H53Br2KN3O10+. The molecule has 4 aromatic carbocycles. The van der Waals surface area contributed by atoms with Crippen LogP contribution in [0.2, 0.25) is 0 Å². The number of methoxy groups -OCH3 is 1. The molecule has 2 heterocycles. The van der Waals surface area contributed by atoms with Gasteiger partial charge in [0.15, 0.2) is 5.78 Å². The number of rotatable bonds is 14. The number of hydrogen-bond donors (Lipinski definition) is 2. The molecule has 0 spiro atoms. The van der Waals surface area contributed by atoms with Crippen molar-refractivity contribution in [2.75, 3.05) is 7.11 Å². The van der Waals surface area contributed by atoms with Crippen molar-refractivity contribution in [3.05, 3.63) is 129 Å². The minimum absolute atomic E-state index is 0. The van der Waals surface area contributed by atoms with Crippen molar-refractivity contribution in [1.82, 2.24) is 9.80 Å². The Labute approximate surface area is 433 Å². The fourth-order valence-electron chi connectivity index (χ4n) is 7.19. The number of amides is 3. The van der Waals surface area contributed by atoms with Crippen LogP contribution < -0.4 is 66.6 Å². The number of nitrogens with zero attached hydrogens (tertiary/aromatic N) is 2. The summed E-state index contributed by atoms with van der Waals surface area (Å²) in [6.45, 7) is 6.53. The van der Waals surface area contributed by atoms with Crippen molar-refractivity contribution in [3.63, 3.8) is 0 Å². The summed E-state index contributed by atoms with van der Waals surface area (Å²) in [5.41, 5.74) is 12.0. The Morgan fingerprint density at radius 1 is 0.766 bits per heavy atom. The summed E-state index contributed by atoms with van der Waals surface area (Å²) >= 11 is 6.85. The van der Waals surface area contributed by atoms with Crippen molar-refractivity contribution in [3.8, 4) is 11.5 Å². The third-order valence-corrected chi connectivity index (χ3v) is 11.7. The monoisotopic (exact) mass is 1030 g/mol. The Bertz CT molecular complexity index is 2290. The van der Waals surface area contributed by atoms with Gasteiger partial charge in [-0.1, -0.05) is 92.5 Å². The first kappa shape index (κ1) is 52.9. The summed E-state index contributed by atoms with van der Waals surface area (Å²) in [4.78, 5) is 76.0. The summed E-state index contributed by atoms with van der Waals surface area (Å²) in [5.74, 6) is -0.524. The predicted octanol–water partition coefficient (Wildman–Crippen LogP) is 4.51. The Kier molecular flexibility index (Phi) is 20.4. The quantitative estimate of drug-likeness (QED) is 0.0790. The summed E-state index contributed by atoms with van der Waals surface area (Å²) in [7, 11) is 1.27. The number of esters is 1. The Balaban J connectivity index is 0.000000251. The molecule has 1 fully saturated rings. The van der Waals surface area contributed by atoms with E-state index in [4.69, 9.17) is 20.3 Å². The molecule has 3 amide bonds. The Morgan fingerprint density at radius 2 is 1.23 bits per heavy atom. The fraction of sp³-hybridized carbons (Fsp3) is 0.375. The fourth-order valence-corrected chi connectivity index (χ4v) is 7.94. The molecular weight excluding hydrogens is 977 g/mol. The molecule has 2 atom stereocenters. The minimum atomic E-state index is -0.895.